The Hall–Kier alpha value is -2.12. The zero-order valence-electron chi connectivity index (χ0n) is 14.3. The molecule has 0 bridgehead atoms. The van der Waals surface area contributed by atoms with Gasteiger partial charge in [-0.15, -0.1) is 13.2 Å². The SMILES string of the molecule is CCCCCC(C)NC(=O)NC1COc2ccc(OC(F)(F)F)cc21. The van der Waals surface area contributed by atoms with E-state index in [-0.39, 0.29) is 24.4 Å². The van der Waals surface area contributed by atoms with E-state index < -0.39 is 12.4 Å². The van der Waals surface area contributed by atoms with E-state index in [2.05, 4.69) is 22.3 Å². The van der Waals surface area contributed by atoms with Gasteiger partial charge in [-0.2, -0.15) is 0 Å². The molecule has 0 fully saturated rings. The van der Waals surface area contributed by atoms with Crippen molar-refractivity contribution in [3.8, 4) is 11.5 Å². The number of rotatable bonds is 7. The summed E-state index contributed by atoms with van der Waals surface area (Å²) in [4.78, 5) is 12.1. The Morgan fingerprint density at radius 2 is 2.16 bits per heavy atom. The number of carbonyl (C=O) groups is 1. The van der Waals surface area contributed by atoms with Gasteiger partial charge in [-0.3, -0.25) is 0 Å². The average molecular weight is 360 g/mol. The van der Waals surface area contributed by atoms with Crippen molar-refractivity contribution in [3.63, 3.8) is 0 Å². The molecular weight excluding hydrogens is 337 g/mol. The minimum atomic E-state index is -4.76. The molecule has 25 heavy (non-hydrogen) atoms. The number of hydrogen-bond donors (Lipinski definition) is 2. The van der Waals surface area contributed by atoms with Crippen LogP contribution in [0.15, 0.2) is 18.2 Å². The maximum atomic E-state index is 12.3. The number of benzene rings is 1. The quantitative estimate of drug-likeness (QED) is 0.713. The van der Waals surface area contributed by atoms with E-state index in [0.717, 1.165) is 25.7 Å². The van der Waals surface area contributed by atoms with Crippen molar-refractivity contribution in [2.24, 2.45) is 0 Å². The van der Waals surface area contributed by atoms with Crippen molar-refractivity contribution in [1.82, 2.24) is 10.6 Å². The first-order valence-corrected chi connectivity index (χ1v) is 8.38. The number of carbonyl (C=O) groups excluding carboxylic acids is 1. The molecular formula is C17H23F3N2O3. The van der Waals surface area contributed by atoms with Crippen molar-refractivity contribution in [2.75, 3.05) is 6.61 Å². The number of amides is 2. The van der Waals surface area contributed by atoms with Crippen LogP contribution in [-0.2, 0) is 0 Å². The van der Waals surface area contributed by atoms with Crippen molar-refractivity contribution in [3.05, 3.63) is 23.8 Å². The second-order valence-corrected chi connectivity index (χ2v) is 6.13. The molecule has 0 aromatic heterocycles. The highest BCUT2D eigenvalue weighted by Crippen LogP contribution is 2.36. The lowest BCUT2D eigenvalue weighted by Crippen LogP contribution is -2.42. The molecule has 0 radical (unpaired) electrons. The number of hydrogen-bond acceptors (Lipinski definition) is 3. The van der Waals surface area contributed by atoms with Crippen molar-refractivity contribution < 1.29 is 27.4 Å². The predicted molar refractivity (Wildman–Crippen MR) is 86.6 cm³/mol. The molecule has 1 aromatic carbocycles. The van der Waals surface area contributed by atoms with Crippen LogP contribution in [0.1, 0.15) is 51.1 Å². The first-order valence-electron chi connectivity index (χ1n) is 8.38. The Morgan fingerprint density at radius 1 is 1.40 bits per heavy atom. The van der Waals surface area contributed by atoms with Gasteiger partial charge in [0.05, 0.1) is 6.04 Å². The van der Waals surface area contributed by atoms with Gasteiger partial charge in [0.2, 0.25) is 0 Å². The molecule has 1 heterocycles. The van der Waals surface area contributed by atoms with E-state index in [1.807, 2.05) is 6.92 Å². The van der Waals surface area contributed by atoms with Crippen molar-refractivity contribution in [2.45, 2.75) is 58.0 Å². The maximum Gasteiger partial charge on any atom is 0.573 e. The van der Waals surface area contributed by atoms with Crippen LogP contribution in [0.25, 0.3) is 0 Å². The van der Waals surface area contributed by atoms with E-state index in [9.17, 15) is 18.0 Å². The lowest BCUT2D eigenvalue weighted by Gasteiger charge is -2.17. The van der Waals surface area contributed by atoms with E-state index in [1.165, 1.54) is 18.2 Å². The zero-order valence-corrected chi connectivity index (χ0v) is 14.3. The van der Waals surface area contributed by atoms with Crippen LogP contribution in [0.5, 0.6) is 11.5 Å². The maximum absolute atomic E-state index is 12.3. The summed E-state index contributed by atoms with van der Waals surface area (Å²) in [5.74, 6) is 0.104. The fraction of sp³-hybridized carbons (Fsp3) is 0.588. The second-order valence-electron chi connectivity index (χ2n) is 6.13. The normalized spacial score (nSPS) is 17.4. The number of ether oxygens (including phenoxy) is 2. The Bertz CT molecular complexity index is 593. The third-order valence-corrected chi connectivity index (χ3v) is 3.92. The summed E-state index contributed by atoms with van der Waals surface area (Å²) in [7, 11) is 0. The molecule has 2 amide bonds. The van der Waals surface area contributed by atoms with Crippen LogP contribution in [0.4, 0.5) is 18.0 Å². The number of fused-ring (bicyclic) bond motifs is 1. The standard InChI is InChI=1S/C17H23F3N2O3/c1-3-4-5-6-11(2)21-16(23)22-14-10-24-15-8-7-12(9-13(14)15)25-17(18,19)20/h7-9,11,14H,3-6,10H2,1-2H3,(H2,21,22,23). The van der Waals surface area contributed by atoms with Crippen LogP contribution in [0.3, 0.4) is 0 Å². The molecule has 0 spiro atoms. The topological polar surface area (TPSA) is 59.6 Å². The summed E-state index contributed by atoms with van der Waals surface area (Å²) < 4.78 is 46.3. The average Bonchev–Trinajstić information content (AvgIpc) is 2.88. The Labute approximate surface area is 144 Å². The van der Waals surface area contributed by atoms with Gasteiger partial charge >= 0.3 is 12.4 Å². The first kappa shape index (κ1) is 19.2. The molecule has 0 saturated carbocycles. The molecule has 1 aliphatic rings. The van der Waals surface area contributed by atoms with Gasteiger partial charge in [-0.1, -0.05) is 26.2 Å². The fourth-order valence-corrected chi connectivity index (χ4v) is 2.71. The summed E-state index contributed by atoms with van der Waals surface area (Å²) in [6, 6.07) is 2.97. The molecule has 0 saturated heterocycles. The highest BCUT2D eigenvalue weighted by Gasteiger charge is 2.33. The molecule has 8 heteroatoms. The Morgan fingerprint density at radius 3 is 2.84 bits per heavy atom. The minimum Gasteiger partial charge on any atom is -0.491 e. The first-order chi connectivity index (χ1) is 11.8. The molecule has 2 atom stereocenters. The molecule has 5 nitrogen and oxygen atoms in total. The van der Waals surface area contributed by atoms with Crippen LogP contribution in [0, 0.1) is 0 Å². The van der Waals surface area contributed by atoms with Gasteiger partial charge in [-0.05, 0) is 31.5 Å². The largest absolute Gasteiger partial charge is 0.573 e. The van der Waals surface area contributed by atoms with Crippen LogP contribution >= 0.6 is 0 Å². The van der Waals surface area contributed by atoms with Crippen molar-refractivity contribution >= 4 is 6.03 Å². The smallest absolute Gasteiger partial charge is 0.491 e. The molecule has 140 valence electrons. The lowest BCUT2D eigenvalue weighted by molar-refractivity contribution is -0.274. The van der Waals surface area contributed by atoms with E-state index in [1.54, 1.807) is 0 Å². The molecule has 1 aromatic rings. The van der Waals surface area contributed by atoms with E-state index >= 15 is 0 Å². The predicted octanol–water partition coefficient (Wildman–Crippen LogP) is 4.29. The minimum absolute atomic E-state index is 0.0215. The molecule has 2 N–H and O–H groups in total. The van der Waals surface area contributed by atoms with Gasteiger partial charge in [0, 0.05) is 11.6 Å². The van der Waals surface area contributed by atoms with Crippen molar-refractivity contribution in [1.29, 1.82) is 0 Å². The van der Waals surface area contributed by atoms with Crippen LogP contribution < -0.4 is 20.1 Å². The number of nitrogens with one attached hydrogen (secondary N) is 2. The number of alkyl halides is 3. The molecule has 0 aliphatic carbocycles. The lowest BCUT2D eigenvalue weighted by atomic mass is 10.1. The van der Waals surface area contributed by atoms with Gasteiger partial charge in [0.25, 0.3) is 0 Å². The highest BCUT2D eigenvalue weighted by molar-refractivity contribution is 5.75. The van der Waals surface area contributed by atoms with E-state index in [0.29, 0.717) is 11.3 Å². The second kappa shape index (κ2) is 8.31. The summed E-state index contributed by atoms with van der Waals surface area (Å²) >= 11 is 0. The van der Waals surface area contributed by atoms with Gasteiger partial charge < -0.3 is 20.1 Å². The van der Waals surface area contributed by atoms with Crippen LogP contribution in [0.2, 0.25) is 0 Å². The third kappa shape index (κ3) is 6.03. The number of urea groups is 1. The third-order valence-electron chi connectivity index (χ3n) is 3.92. The molecule has 1 aliphatic heterocycles. The summed E-state index contributed by atoms with van der Waals surface area (Å²) in [6.07, 6.45) is -0.632. The summed E-state index contributed by atoms with van der Waals surface area (Å²) in [6.45, 7) is 4.20. The van der Waals surface area contributed by atoms with Crippen LogP contribution in [-0.4, -0.2) is 25.0 Å². The Balaban J connectivity index is 1.93. The highest BCUT2D eigenvalue weighted by atomic mass is 19.4. The fourth-order valence-electron chi connectivity index (χ4n) is 2.71. The van der Waals surface area contributed by atoms with Gasteiger partial charge in [-0.25, -0.2) is 4.79 Å². The monoisotopic (exact) mass is 360 g/mol. The zero-order chi connectivity index (χ0) is 18.4. The van der Waals surface area contributed by atoms with Gasteiger partial charge in [0.1, 0.15) is 18.1 Å². The van der Waals surface area contributed by atoms with E-state index in [4.69, 9.17) is 4.74 Å². The molecule has 2 unspecified atom stereocenters. The Kier molecular flexibility index (Phi) is 6.39. The number of halogens is 3. The molecule has 2 rings (SSSR count). The van der Waals surface area contributed by atoms with Gasteiger partial charge in [0.15, 0.2) is 0 Å². The summed E-state index contributed by atoms with van der Waals surface area (Å²) in [5.41, 5.74) is 0.468. The number of unbranched alkanes of at least 4 members (excludes halogenated alkanes) is 2. The summed E-state index contributed by atoms with van der Waals surface area (Å²) in [5, 5.41) is 5.57.